The van der Waals surface area contributed by atoms with E-state index in [9.17, 15) is 9.59 Å². The molecule has 4 nitrogen and oxygen atoms in total. The van der Waals surface area contributed by atoms with E-state index in [4.69, 9.17) is 0 Å². The van der Waals surface area contributed by atoms with Crippen molar-refractivity contribution in [1.29, 1.82) is 0 Å². The van der Waals surface area contributed by atoms with Gasteiger partial charge >= 0.3 is 0 Å². The highest BCUT2D eigenvalue weighted by atomic mass is 79.9. The third-order valence-electron chi connectivity index (χ3n) is 3.50. The molecule has 0 aromatic carbocycles. The van der Waals surface area contributed by atoms with Crippen LogP contribution in [-0.2, 0) is 16.1 Å². The van der Waals surface area contributed by atoms with Crippen LogP contribution in [0.3, 0.4) is 0 Å². The smallest absolute Gasteiger partial charge is 0.246 e. The van der Waals surface area contributed by atoms with Gasteiger partial charge in [-0.25, -0.2) is 0 Å². The van der Waals surface area contributed by atoms with Crippen LogP contribution in [0, 0.1) is 0 Å². The van der Waals surface area contributed by atoms with Gasteiger partial charge in [-0.15, -0.1) is 11.3 Å². The number of thiophene rings is 1. The average Bonchev–Trinajstić information content (AvgIpc) is 2.83. The molecular weight excluding hydrogens is 340 g/mol. The van der Waals surface area contributed by atoms with Gasteiger partial charge in [-0.05, 0) is 40.9 Å². The zero-order valence-corrected chi connectivity index (χ0v) is 14.1. The number of nitrogens with one attached hydrogen (secondary N) is 1. The van der Waals surface area contributed by atoms with E-state index in [2.05, 4.69) is 21.2 Å². The van der Waals surface area contributed by atoms with Gasteiger partial charge < -0.3 is 10.2 Å². The first-order valence-corrected chi connectivity index (χ1v) is 8.52. The minimum atomic E-state index is -0.376. The summed E-state index contributed by atoms with van der Waals surface area (Å²) in [6.07, 6.45) is 2.22. The van der Waals surface area contributed by atoms with Crippen molar-refractivity contribution in [3.63, 3.8) is 0 Å². The Morgan fingerprint density at radius 1 is 1.35 bits per heavy atom. The summed E-state index contributed by atoms with van der Waals surface area (Å²) in [5, 5.41) is 2.84. The number of amides is 2. The predicted molar refractivity (Wildman–Crippen MR) is 83.5 cm³/mol. The molecule has 1 N–H and O–H groups in total. The maximum atomic E-state index is 12.5. The van der Waals surface area contributed by atoms with Crippen LogP contribution in [0.5, 0.6) is 0 Å². The number of piperazine rings is 1. The second-order valence-corrected chi connectivity index (χ2v) is 7.49. The monoisotopic (exact) mass is 358 g/mol. The van der Waals surface area contributed by atoms with Crippen LogP contribution in [0.25, 0.3) is 0 Å². The van der Waals surface area contributed by atoms with Crippen molar-refractivity contribution in [3.05, 3.63) is 20.8 Å². The predicted octanol–water partition coefficient (Wildman–Crippen LogP) is 2.92. The Kier molecular flexibility index (Phi) is 5.21. The molecule has 1 aromatic rings. The van der Waals surface area contributed by atoms with Crippen LogP contribution in [0.2, 0.25) is 0 Å². The molecule has 2 rings (SSSR count). The minimum absolute atomic E-state index is 0.0195. The van der Waals surface area contributed by atoms with Crippen molar-refractivity contribution < 1.29 is 9.59 Å². The van der Waals surface area contributed by atoms with E-state index in [1.807, 2.05) is 26.0 Å². The second kappa shape index (κ2) is 6.72. The Hall–Kier alpha value is -0.880. The number of halogens is 1. The van der Waals surface area contributed by atoms with Crippen molar-refractivity contribution in [2.45, 2.75) is 51.7 Å². The Balaban J connectivity index is 2.22. The number of rotatable bonds is 5. The first kappa shape index (κ1) is 15.5. The normalized spacial score (nSPS) is 23.1. The number of hydrogen-bond acceptors (Lipinski definition) is 3. The van der Waals surface area contributed by atoms with E-state index >= 15 is 0 Å². The largest absolute Gasteiger partial charge is 0.343 e. The lowest BCUT2D eigenvalue weighted by atomic mass is 10.0. The van der Waals surface area contributed by atoms with E-state index < -0.39 is 0 Å². The highest BCUT2D eigenvalue weighted by molar-refractivity contribution is 9.11. The fraction of sp³-hybridized carbons (Fsp3) is 0.571. The fourth-order valence-corrected chi connectivity index (χ4v) is 3.94. The van der Waals surface area contributed by atoms with Gasteiger partial charge in [0.05, 0.1) is 10.3 Å². The van der Waals surface area contributed by atoms with Crippen molar-refractivity contribution in [1.82, 2.24) is 10.2 Å². The molecule has 1 aliphatic rings. The van der Waals surface area contributed by atoms with E-state index in [1.54, 1.807) is 16.2 Å². The topological polar surface area (TPSA) is 49.4 Å². The molecule has 0 bridgehead atoms. The van der Waals surface area contributed by atoms with Gasteiger partial charge in [-0.1, -0.05) is 20.3 Å². The van der Waals surface area contributed by atoms with Gasteiger partial charge in [0.2, 0.25) is 11.8 Å². The number of hydrogen-bond donors (Lipinski definition) is 1. The molecule has 110 valence electrons. The Morgan fingerprint density at radius 3 is 2.65 bits per heavy atom. The second-order valence-electron chi connectivity index (χ2n) is 4.95. The molecule has 1 aliphatic heterocycles. The van der Waals surface area contributed by atoms with Crippen molar-refractivity contribution in [2.75, 3.05) is 0 Å². The maximum Gasteiger partial charge on any atom is 0.246 e. The molecule has 2 atom stereocenters. The standard InChI is InChI=1S/C14H19BrN2O2S/c1-3-5-11-13(18)16-10(4-2)14(19)17(11)8-9-6-7-12(15)20-9/h6-7,10-11H,3-5,8H2,1-2H3,(H,16,18). The molecule has 6 heteroatoms. The summed E-state index contributed by atoms with van der Waals surface area (Å²) in [6, 6.07) is 3.26. The van der Waals surface area contributed by atoms with E-state index in [-0.39, 0.29) is 23.9 Å². The molecule has 2 unspecified atom stereocenters. The minimum Gasteiger partial charge on any atom is -0.343 e. The van der Waals surface area contributed by atoms with Crippen LogP contribution in [0.15, 0.2) is 15.9 Å². The van der Waals surface area contributed by atoms with Crippen LogP contribution in [0.4, 0.5) is 0 Å². The first-order chi connectivity index (χ1) is 9.56. The van der Waals surface area contributed by atoms with Crippen LogP contribution < -0.4 is 5.32 Å². The van der Waals surface area contributed by atoms with Crippen LogP contribution in [0.1, 0.15) is 38.0 Å². The number of carbonyl (C=O) groups is 2. The molecule has 0 radical (unpaired) electrons. The summed E-state index contributed by atoms with van der Waals surface area (Å²) >= 11 is 5.04. The van der Waals surface area contributed by atoms with Gasteiger partial charge in [0.1, 0.15) is 12.1 Å². The summed E-state index contributed by atoms with van der Waals surface area (Å²) in [4.78, 5) is 27.5. The lowest BCUT2D eigenvalue weighted by molar-refractivity contribution is -0.150. The maximum absolute atomic E-state index is 12.5. The average molecular weight is 359 g/mol. The highest BCUT2D eigenvalue weighted by Crippen LogP contribution is 2.26. The third-order valence-corrected chi connectivity index (χ3v) is 5.11. The molecule has 2 amide bonds. The van der Waals surface area contributed by atoms with E-state index in [0.717, 1.165) is 15.1 Å². The summed E-state index contributed by atoms with van der Waals surface area (Å²) in [5.41, 5.74) is 0. The Bertz CT molecular complexity index is 503. The van der Waals surface area contributed by atoms with Crippen LogP contribution in [-0.4, -0.2) is 28.8 Å². The van der Waals surface area contributed by atoms with Gasteiger partial charge in [-0.3, -0.25) is 9.59 Å². The Labute approximate surface area is 131 Å². The molecule has 0 aliphatic carbocycles. The molecule has 2 heterocycles. The summed E-state index contributed by atoms with van der Waals surface area (Å²) in [5.74, 6) is 0.0176. The summed E-state index contributed by atoms with van der Waals surface area (Å²) in [6.45, 7) is 4.47. The molecular formula is C14H19BrN2O2S. The molecule has 1 fully saturated rings. The molecule has 0 spiro atoms. The third kappa shape index (κ3) is 3.23. The van der Waals surface area contributed by atoms with Gasteiger partial charge in [0.25, 0.3) is 0 Å². The molecule has 0 saturated carbocycles. The summed E-state index contributed by atoms with van der Waals surface area (Å²) in [7, 11) is 0. The molecule has 20 heavy (non-hydrogen) atoms. The number of nitrogens with zero attached hydrogens (tertiary/aromatic N) is 1. The first-order valence-electron chi connectivity index (χ1n) is 6.91. The molecule has 1 saturated heterocycles. The number of carbonyl (C=O) groups excluding carboxylic acids is 2. The Morgan fingerprint density at radius 2 is 2.10 bits per heavy atom. The van der Waals surface area contributed by atoms with Crippen molar-refractivity contribution in [2.24, 2.45) is 0 Å². The SMILES string of the molecule is CCCC1C(=O)NC(CC)C(=O)N1Cc1ccc(Br)s1. The zero-order valence-electron chi connectivity index (χ0n) is 11.7. The lowest BCUT2D eigenvalue weighted by Crippen LogP contribution is -2.62. The van der Waals surface area contributed by atoms with E-state index in [1.165, 1.54) is 0 Å². The quantitative estimate of drug-likeness (QED) is 0.879. The lowest BCUT2D eigenvalue weighted by Gasteiger charge is -2.38. The van der Waals surface area contributed by atoms with E-state index in [0.29, 0.717) is 19.4 Å². The van der Waals surface area contributed by atoms with Crippen molar-refractivity contribution in [3.8, 4) is 0 Å². The zero-order chi connectivity index (χ0) is 14.7. The van der Waals surface area contributed by atoms with Crippen LogP contribution >= 0.6 is 27.3 Å². The fourth-order valence-electron chi connectivity index (χ4n) is 2.45. The van der Waals surface area contributed by atoms with Gasteiger partial charge in [-0.2, -0.15) is 0 Å². The van der Waals surface area contributed by atoms with Gasteiger partial charge in [0, 0.05) is 4.88 Å². The highest BCUT2D eigenvalue weighted by Gasteiger charge is 2.39. The molecule has 1 aromatic heterocycles. The summed E-state index contributed by atoms with van der Waals surface area (Å²) < 4.78 is 1.04. The van der Waals surface area contributed by atoms with Gasteiger partial charge in [0.15, 0.2) is 0 Å². The van der Waals surface area contributed by atoms with Crippen molar-refractivity contribution >= 4 is 39.1 Å².